The van der Waals surface area contributed by atoms with Gasteiger partial charge in [-0.05, 0) is 11.6 Å². The van der Waals surface area contributed by atoms with Gasteiger partial charge in [0.1, 0.15) is 5.15 Å². The molecule has 8 heteroatoms. The Hall–Kier alpha value is -1.57. The number of amidine groups is 1. The molecule has 0 saturated carbocycles. The summed E-state index contributed by atoms with van der Waals surface area (Å²) in [6.07, 6.45) is 3.26. The van der Waals surface area contributed by atoms with Crippen molar-refractivity contribution in [2.24, 2.45) is 4.99 Å². The quantitative estimate of drug-likeness (QED) is 0.390. The molecule has 1 N–H and O–H groups in total. The molecule has 112 valence electrons. The van der Waals surface area contributed by atoms with Gasteiger partial charge in [0.25, 0.3) is 0 Å². The third-order valence-electron chi connectivity index (χ3n) is 2.58. The second kappa shape index (κ2) is 8.02. The number of hydroxylamine groups is 1. The van der Waals surface area contributed by atoms with Crippen molar-refractivity contribution < 1.29 is 9.63 Å². The molecule has 1 saturated heterocycles. The van der Waals surface area contributed by atoms with Crippen LogP contribution in [0.25, 0.3) is 0 Å². The fourth-order valence-electron chi connectivity index (χ4n) is 1.68. The van der Waals surface area contributed by atoms with E-state index < -0.39 is 6.03 Å². The lowest BCUT2D eigenvalue weighted by Crippen LogP contribution is -2.27. The molecule has 1 fully saturated rings. The smallest absolute Gasteiger partial charge is 0.346 e. The van der Waals surface area contributed by atoms with Crippen LogP contribution >= 0.6 is 23.4 Å². The number of nitrogens with zero attached hydrogens (tertiary/aromatic N) is 3. The van der Waals surface area contributed by atoms with E-state index in [0.717, 1.165) is 17.9 Å². The summed E-state index contributed by atoms with van der Waals surface area (Å²) in [5.41, 5.74) is 3.25. The Kier molecular flexibility index (Phi) is 6.04. The van der Waals surface area contributed by atoms with Crippen LogP contribution in [0.3, 0.4) is 0 Å². The number of carbonyl (C=O) groups excluding carboxylic acids is 1. The fraction of sp³-hybridized carbons (Fsp3) is 0.308. The van der Waals surface area contributed by atoms with Crippen LogP contribution in [0.15, 0.2) is 36.0 Å². The highest BCUT2D eigenvalue weighted by atomic mass is 35.5. The maximum atomic E-state index is 11.6. The lowest BCUT2D eigenvalue weighted by Gasteiger charge is -2.17. The van der Waals surface area contributed by atoms with Crippen molar-refractivity contribution in [3.63, 3.8) is 0 Å². The number of nitrogens with one attached hydrogen (secondary N) is 1. The standard InChI is InChI=1S/C13H15ClN4O2S/c1-2-6-20-17-12(19)16-13-18(5-7-21-13)9-10-3-4-11(14)15-8-10/h2-4,8H,1,5-7,9H2,(H,17,19)/b16-13-. The largest absolute Gasteiger partial charge is 0.367 e. The molecule has 2 amide bonds. The van der Waals surface area contributed by atoms with Gasteiger partial charge in [0, 0.05) is 25.0 Å². The SMILES string of the molecule is C=CCONC(=O)/N=C1\SCCN1Cc1ccc(Cl)nc1. The molecule has 21 heavy (non-hydrogen) atoms. The molecule has 1 aliphatic rings. The van der Waals surface area contributed by atoms with Gasteiger partial charge in [-0.1, -0.05) is 35.5 Å². The molecule has 0 unspecified atom stereocenters. The summed E-state index contributed by atoms with van der Waals surface area (Å²) in [4.78, 5) is 26.5. The van der Waals surface area contributed by atoms with Crippen LogP contribution in [0.4, 0.5) is 4.79 Å². The summed E-state index contributed by atoms with van der Waals surface area (Å²) in [6, 6.07) is 3.12. The van der Waals surface area contributed by atoms with Gasteiger partial charge in [0.05, 0.1) is 6.61 Å². The number of aromatic nitrogens is 1. The van der Waals surface area contributed by atoms with Crippen molar-refractivity contribution in [1.82, 2.24) is 15.4 Å². The van der Waals surface area contributed by atoms with Gasteiger partial charge in [0.2, 0.25) is 0 Å². The van der Waals surface area contributed by atoms with Gasteiger partial charge in [0.15, 0.2) is 5.17 Å². The topological polar surface area (TPSA) is 66.8 Å². The molecule has 1 aromatic rings. The summed E-state index contributed by atoms with van der Waals surface area (Å²) in [6.45, 7) is 5.19. The lowest BCUT2D eigenvalue weighted by molar-refractivity contribution is 0.0855. The summed E-state index contributed by atoms with van der Waals surface area (Å²) >= 11 is 7.29. The third kappa shape index (κ3) is 5.04. The first-order valence-corrected chi connectivity index (χ1v) is 7.65. The van der Waals surface area contributed by atoms with Crippen molar-refractivity contribution >= 4 is 34.6 Å². The van der Waals surface area contributed by atoms with E-state index in [4.69, 9.17) is 16.4 Å². The molecule has 0 aromatic carbocycles. The Labute approximate surface area is 132 Å². The van der Waals surface area contributed by atoms with Gasteiger partial charge >= 0.3 is 6.03 Å². The monoisotopic (exact) mass is 326 g/mol. The van der Waals surface area contributed by atoms with Gasteiger partial charge in [-0.25, -0.2) is 15.3 Å². The molecule has 1 aromatic heterocycles. The minimum absolute atomic E-state index is 0.240. The second-order valence-corrected chi connectivity index (χ2v) is 5.61. The maximum absolute atomic E-state index is 11.6. The predicted molar refractivity (Wildman–Crippen MR) is 84.2 cm³/mol. The first-order valence-electron chi connectivity index (χ1n) is 6.28. The van der Waals surface area contributed by atoms with E-state index in [1.165, 1.54) is 17.8 Å². The molecule has 0 aliphatic carbocycles. The highest BCUT2D eigenvalue weighted by Gasteiger charge is 2.21. The number of halogens is 1. The fourth-order valence-corrected chi connectivity index (χ4v) is 2.77. The number of carbonyl (C=O) groups is 1. The van der Waals surface area contributed by atoms with Crippen LogP contribution in [-0.4, -0.2) is 40.0 Å². The number of hydrogen-bond donors (Lipinski definition) is 1. The summed E-state index contributed by atoms with van der Waals surface area (Å²) < 4.78 is 0. The van der Waals surface area contributed by atoms with Gasteiger partial charge in [-0.3, -0.25) is 4.84 Å². The molecule has 1 aliphatic heterocycles. The van der Waals surface area contributed by atoms with Crippen molar-refractivity contribution in [3.05, 3.63) is 41.7 Å². The zero-order valence-electron chi connectivity index (χ0n) is 11.3. The number of urea groups is 1. The van der Waals surface area contributed by atoms with Crippen molar-refractivity contribution in [2.75, 3.05) is 18.9 Å². The zero-order valence-corrected chi connectivity index (χ0v) is 12.9. The normalized spacial score (nSPS) is 16.2. The summed E-state index contributed by atoms with van der Waals surface area (Å²) in [7, 11) is 0. The Morgan fingerprint density at radius 3 is 3.24 bits per heavy atom. The van der Waals surface area contributed by atoms with Crippen LogP contribution in [0.2, 0.25) is 5.15 Å². The van der Waals surface area contributed by atoms with Crippen LogP contribution in [0.1, 0.15) is 5.56 Å². The van der Waals surface area contributed by atoms with E-state index in [-0.39, 0.29) is 6.61 Å². The number of amides is 2. The average molecular weight is 327 g/mol. The van der Waals surface area contributed by atoms with Crippen LogP contribution in [-0.2, 0) is 11.4 Å². The van der Waals surface area contributed by atoms with E-state index in [9.17, 15) is 4.79 Å². The average Bonchev–Trinajstić information content (AvgIpc) is 2.89. The minimum atomic E-state index is -0.527. The van der Waals surface area contributed by atoms with Gasteiger partial charge in [-0.2, -0.15) is 4.99 Å². The molecule has 2 heterocycles. The van der Waals surface area contributed by atoms with E-state index in [1.807, 2.05) is 11.0 Å². The highest BCUT2D eigenvalue weighted by molar-refractivity contribution is 8.14. The molecule has 0 radical (unpaired) electrons. The van der Waals surface area contributed by atoms with Crippen molar-refractivity contribution in [1.29, 1.82) is 0 Å². The first kappa shape index (κ1) is 15.8. The number of pyridine rings is 1. The Bertz CT molecular complexity index is 535. The van der Waals surface area contributed by atoms with Crippen LogP contribution in [0, 0.1) is 0 Å². The maximum Gasteiger partial charge on any atom is 0.367 e. The minimum Gasteiger partial charge on any atom is -0.346 e. The van der Waals surface area contributed by atoms with Crippen molar-refractivity contribution in [2.45, 2.75) is 6.54 Å². The molecule has 0 bridgehead atoms. The Balaban J connectivity index is 1.94. The molecular formula is C13H15ClN4O2S. The molecule has 6 nitrogen and oxygen atoms in total. The van der Waals surface area contributed by atoms with E-state index in [1.54, 1.807) is 12.3 Å². The number of aliphatic imine (C=N–C) groups is 1. The van der Waals surface area contributed by atoms with Crippen molar-refractivity contribution in [3.8, 4) is 0 Å². The highest BCUT2D eigenvalue weighted by Crippen LogP contribution is 2.20. The Morgan fingerprint density at radius 2 is 2.52 bits per heavy atom. The molecule has 2 rings (SSSR count). The molecular weight excluding hydrogens is 312 g/mol. The van der Waals surface area contributed by atoms with Crippen LogP contribution < -0.4 is 5.48 Å². The predicted octanol–water partition coefficient (Wildman–Crippen LogP) is 2.47. The first-order chi connectivity index (χ1) is 10.2. The summed E-state index contributed by atoms with van der Waals surface area (Å²) in [5, 5.41) is 1.13. The number of thioether (sulfide) groups is 1. The van der Waals surface area contributed by atoms with Gasteiger partial charge in [-0.15, -0.1) is 6.58 Å². The Morgan fingerprint density at radius 1 is 1.67 bits per heavy atom. The third-order valence-corrected chi connectivity index (χ3v) is 3.80. The molecule has 0 spiro atoms. The van der Waals surface area contributed by atoms with Crippen LogP contribution in [0.5, 0.6) is 0 Å². The van der Waals surface area contributed by atoms with E-state index in [0.29, 0.717) is 16.9 Å². The molecule has 0 atom stereocenters. The van der Waals surface area contributed by atoms with E-state index in [2.05, 4.69) is 22.0 Å². The van der Waals surface area contributed by atoms with Gasteiger partial charge < -0.3 is 4.90 Å². The lowest BCUT2D eigenvalue weighted by atomic mass is 10.3. The second-order valence-electron chi connectivity index (χ2n) is 4.16. The van der Waals surface area contributed by atoms with E-state index >= 15 is 0 Å². The number of rotatable bonds is 5. The number of hydrogen-bond acceptors (Lipinski definition) is 4. The summed E-state index contributed by atoms with van der Waals surface area (Å²) in [5.74, 6) is 0.890. The zero-order chi connectivity index (χ0) is 15.1.